The highest BCUT2D eigenvalue weighted by Crippen LogP contribution is 2.23. The van der Waals surface area contributed by atoms with Crippen molar-refractivity contribution in [2.75, 3.05) is 0 Å². The van der Waals surface area contributed by atoms with E-state index < -0.39 is 0 Å². The number of imidazole rings is 1. The Labute approximate surface area is 113 Å². The number of aryl methyl sites for hydroxylation is 1. The number of rotatable bonds is 4. The molecule has 0 atom stereocenters. The van der Waals surface area contributed by atoms with Crippen LogP contribution in [0.2, 0.25) is 0 Å². The molecule has 19 heavy (non-hydrogen) atoms. The number of aromatic nitrogens is 2. The Morgan fingerprint density at radius 2 is 1.84 bits per heavy atom. The van der Waals surface area contributed by atoms with E-state index in [9.17, 15) is 0 Å². The quantitative estimate of drug-likeness (QED) is 0.721. The average molecular weight is 250 g/mol. The summed E-state index contributed by atoms with van der Waals surface area (Å²) < 4.78 is 0. The van der Waals surface area contributed by atoms with E-state index in [4.69, 9.17) is 4.98 Å². The number of nitrogens with one attached hydrogen (secondary N) is 1. The number of fused-ring (bicyclic) bond motifs is 1. The molecule has 0 fully saturated rings. The van der Waals surface area contributed by atoms with Crippen molar-refractivity contribution in [2.45, 2.75) is 26.2 Å². The smallest absolute Gasteiger partial charge is 0.138 e. The van der Waals surface area contributed by atoms with Crippen LogP contribution in [0.15, 0.2) is 48.5 Å². The Morgan fingerprint density at radius 1 is 1.00 bits per heavy atom. The van der Waals surface area contributed by atoms with Crippen molar-refractivity contribution in [2.24, 2.45) is 0 Å². The molecular formula is C17H18N2. The van der Waals surface area contributed by atoms with Crippen LogP contribution >= 0.6 is 0 Å². The Hall–Kier alpha value is -2.09. The summed E-state index contributed by atoms with van der Waals surface area (Å²) in [6, 6.07) is 16.7. The van der Waals surface area contributed by atoms with Crippen LogP contribution in [0.25, 0.3) is 22.4 Å². The molecule has 2 aromatic carbocycles. The van der Waals surface area contributed by atoms with Crippen molar-refractivity contribution in [3.8, 4) is 11.4 Å². The second-order valence-electron chi connectivity index (χ2n) is 4.87. The molecule has 2 nitrogen and oxygen atoms in total. The van der Waals surface area contributed by atoms with Crippen LogP contribution in [-0.4, -0.2) is 9.97 Å². The Morgan fingerprint density at radius 3 is 2.63 bits per heavy atom. The van der Waals surface area contributed by atoms with Gasteiger partial charge < -0.3 is 4.98 Å². The van der Waals surface area contributed by atoms with Gasteiger partial charge in [0.1, 0.15) is 5.82 Å². The number of para-hydroxylation sites is 1. The summed E-state index contributed by atoms with van der Waals surface area (Å²) >= 11 is 0. The second-order valence-corrected chi connectivity index (χ2v) is 4.87. The number of aromatic amines is 1. The number of unbranched alkanes of at least 4 members (excludes halogenated alkanes) is 1. The molecule has 0 unspecified atom stereocenters. The Bertz CT molecular complexity index is 668. The zero-order valence-electron chi connectivity index (χ0n) is 11.2. The Kier molecular flexibility index (Phi) is 3.32. The molecule has 0 aliphatic rings. The van der Waals surface area contributed by atoms with Gasteiger partial charge in [-0.2, -0.15) is 0 Å². The summed E-state index contributed by atoms with van der Waals surface area (Å²) in [6.07, 6.45) is 3.53. The standard InChI is InChI=1S/C17H18N2/c1-2-3-8-13-11-7-12-15-16(13)19-17(18-15)14-9-5-4-6-10-14/h4-7,9-12H,2-3,8H2,1H3,(H,18,19). The maximum atomic E-state index is 4.78. The minimum atomic E-state index is 0.958. The van der Waals surface area contributed by atoms with Gasteiger partial charge in [-0.1, -0.05) is 55.8 Å². The monoisotopic (exact) mass is 250 g/mol. The summed E-state index contributed by atoms with van der Waals surface area (Å²) in [7, 11) is 0. The van der Waals surface area contributed by atoms with Gasteiger partial charge in [0.25, 0.3) is 0 Å². The van der Waals surface area contributed by atoms with E-state index in [1.807, 2.05) is 18.2 Å². The van der Waals surface area contributed by atoms with Gasteiger partial charge >= 0.3 is 0 Å². The third-order valence-electron chi connectivity index (χ3n) is 3.44. The lowest BCUT2D eigenvalue weighted by atomic mass is 10.1. The van der Waals surface area contributed by atoms with Gasteiger partial charge in [-0.3, -0.25) is 0 Å². The topological polar surface area (TPSA) is 28.7 Å². The molecule has 1 N–H and O–H groups in total. The van der Waals surface area contributed by atoms with Crippen LogP contribution in [0.5, 0.6) is 0 Å². The average Bonchev–Trinajstić information content (AvgIpc) is 2.90. The number of benzene rings is 2. The van der Waals surface area contributed by atoms with Crippen molar-refractivity contribution >= 4 is 11.0 Å². The summed E-state index contributed by atoms with van der Waals surface area (Å²) in [4.78, 5) is 8.20. The highest BCUT2D eigenvalue weighted by molar-refractivity contribution is 5.82. The first kappa shape index (κ1) is 12.0. The molecule has 1 heterocycles. The van der Waals surface area contributed by atoms with Crippen molar-refractivity contribution < 1.29 is 0 Å². The maximum absolute atomic E-state index is 4.78. The largest absolute Gasteiger partial charge is 0.338 e. The first-order chi connectivity index (χ1) is 9.38. The van der Waals surface area contributed by atoms with Crippen LogP contribution in [0.3, 0.4) is 0 Å². The summed E-state index contributed by atoms with van der Waals surface area (Å²) in [5.74, 6) is 0.958. The van der Waals surface area contributed by atoms with E-state index in [0.29, 0.717) is 0 Å². The predicted octanol–water partition coefficient (Wildman–Crippen LogP) is 4.57. The molecule has 0 saturated heterocycles. The molecular weight excluding hydrogens is 232 g/mol. The van der Waals surface area contributed by atoms with E-state index in [2.05, 4.69) is 42.2 Å². The van der Waals surface area contributed by atoms with Crippen LogP contribution in [0, 0.1) is 0 Å². The molecule has 0 aliphatic heterocycles. The molecule has 3 rings (SSSR count). The van der Waals surface area contributed by atoms with Crippen LogP contribution in [0.1, 0.15) is 25.3 Å². The molecule has 96 valence electrons. The third-order valence-corrected chi connectivity index (χ3v) is 3.44. The fourth-order valence-corrected chi connectivity index (χ4v) is 2.39. The molecule has 0 bridgehead atoms. The molecule has 1 aromatic heterocycles. The highest BCUT2D eigenvalue weighted by atomic mass is 14.9. The fraction of sp³-hybridized carbons (Fsp3) is 0.235. The van der Waals surface area contributed by atoms with Gasteiger partial charge in [0.05, 0.1) is 11.0 Å². The maximum Gasteiger partial charge on any atom is 0.138 e. The SMILES string of the molecule is CCCCc1cccc2[nH]c(-c3ccccc3)nc12. The molecule has 0 spiro atoms. The van der Waals surface area contributed by atoms with Crippen LogP contribution in [-0.2, 0) is 6.42 Å². The highest BCUT2D eigenvalue weighted by Gasteiger charge is 2.08. The molecule has 3 aromatic rings. The fourth-order valence-electron chi connectivity index (χ4n) is 2.39. The predicted molar refractivity (Wildman–Crippen MR) is 80.1 cm³/mol. The van der Waals surface area contributed by atoms with Gasteiger partial charge in [-0.25, -0.2) is 4.98 Å². The summed E-state index contributed by atoms with van der Waals surface area (Å²) in [5.41, 5.74) is 4.74. The van der Waals surface area contributed by atoms with Gasteiger partial charge in [-0.15, -0.1) is 0 Å². The zero-order valence-corrected chi connectivity index (χ0v) is 11.2. The lowest BCUT2D eigenvalue weighted by Crippen LogP contribution is -1.86. The zero-order chi connectivity index (χ0) is 13.1. The van der Waals surface area contributed by atoms with Gasteiger partial charge in [-0.05, 0) is 24.5 Å². The minimum Gasteiger partial charge on any atom is -0.338 e. The van der Waals surface area contributed by atoms with E-state index in [0.717, 1.165) is 28.8 Å². The van der Waals surface area contributed by atoms with Gasteiger partial charge in [0.15, 0.2) is 0 Å². The van der Waals surface area contributed by atoms with Crippen molar-refractivity contribution in [3.05, 3.63) is 54.1 Å². The van der Waals surface area contributed by atoms with Crippen molar-refractivity contribution in [1.29, 1.82) is 0 Å². The molecule has 2 heteroatoms. The number of H-pyrrole nitrogens is 1. The lowest BCUT2D eigenvalue weighted by Gasteiger charge is -1.99. The van der Waals surface area contributed by atoms with Crippen molar-refractivity contribution in [3.63, 3.8) is 0 Å². The number of hydrogen-bond donors (Lipinski definition) is 1. The van der Waals surface area contributed by atoms with Crippen LogP contribution in [0.4, 0.5) is 0 Å². The normalized spacial score (nSPS) is 11.0. The number of hydrogen-bond acceptors (Lipinski definition) is 1. The molecule has 0 radical (unpaired) electrons. The van der Waals surface area contributed by atoms with E-state index in [-0.39, 0.29) is 0 Å². The second kappa shape index (κ2) is 5.27. The van der Waals surface area contributed by atoms with Gasteiger partial charge in [0, 0.05) is 5.56 Å². The number of nitrogens with zero attached hydrogens (tertiary/aromatic N) is 1. The molecule has 0 aliphatic carbocycles. The minimum absolute atomic E-state index is 0.958. The summed E-state index contributed by atoms with van der Waals surface area (Å²) in [5, 5.41) is 0. The van der Waals surface area contributed by atoms with Gasteiger partial charge in [0.2, 0.25) is 0 Å². The first-order valence-electron chi connectivity index (χ1n) is 6.91. The van der Waals surface area contributed by atoms with Crippen LogP contribution < -0.4 is 0 Å². The van der Waals surface area contributed by atoms with E-state index in [1.54, 1.807) is 0 Å². The van der Waals surface area contributed by atoms with E-state index >= 15 is 0 Å². The first-order valence-corrected chi connectivity index (χ1v) is 6.91. The third kappa shape index (κ3) is 2.39. The summed E-state index contributed by atoms with van der Waals surface area (Å²) in [6.45, 7) is 2.22. The molecule has 0 saturated carbocycles. The van der Waals surface area contributed by atoms with Crippen molar-refractivity contribution in [1.82, 2.24) is 9.97 Å². The molecule has 0 amide bonds. The Balaban J connectivity index is 2.05. The van der Waals surface area contributed by atoms with E-state index in [1.165, 1.54) is 18.4 Å². The lowest BCUT2D eigenvalue weighted by molar-refractivity contribution is 0.798.